The quantitative estimate of drug-likeness (QED) is 0.156. The topological polar surface area (TPSA) is 95.8 Å². The van der Waals surface area contributed by atoms with Gasteiger partial charge in [0, 0.05) is 10.1 Å². The van der Waals surface area contributed by atoms with Crippen LogP contribution in [0.25, 0.3) is 36.6 Å². The van der Waals surface area contributed by atoms with Crippen LogP contribution in [0.1, 0.15) is 11.9 Å². The lowest BCUT2D eigenvalue weighted by Crippen LogP contribution is -2.04. The number of fused-ring (bicyclic) bond motifs is 2. The fourth-order valence-electron chi connectivity index (χ4n) is 3.10. The molecule has 1 atom stereocenters. The molecule has 5 rings (SSSR count). The highest BCUT2D eigenvalue weighted by Gasteiger charge is 2.23. The Morgan fingerprint density at radius 2 is 1.88 bits per heavy atom. The maximum Gasteiger partial charge on any atom is 0.277 e. The van der Waals surface area contributed by atoms with Crippen molar-refractivity contribution in [2.75, 3.05) is 0 Å². The van der Waals surface area contributed by atoms with Crippen LogP contribution in [-0.2, 0) is 0 Å². The van der Waals surface area contributed by atoms with Crippen molar-refractivity contribution in [2.45, 2.75) is 17.4 Å². The molecule has 6 nitrogen and oxygen atoms in total. The van der Waals surface area contributed by atoms with Crippen molar-refractivity contribution < 1.29 is 9.52 Å². The van der Waals surface area contributed by atoms with E-state index < -0.39 is 5.25 Å². The van der Waals surface area contributed by atoms with E-state index in [0.717, 1.165) is 32.1 Å². The summed E-state index contributed by atoms with van der Waals surface area (Å²) in [6.45, 7) is 1.76. The number of aliphatic hydroxyl groups is 1. The number of halogens is 1. The molecule has 0 saturated heterocycles. The molecular formula is C22H13ClN4O2S3. The van der Waals surface area contributed by atoms with Crippen LogP contribution in [0.2, 0.25) is 5.02 Å². The van der Waals surface area contributed by atoms with Gasteiger partial charge in [0.15, 0.2) is 0 Å². The zero-order chi connectivity index (χ0) is 22.2. The van der Waals surface area contributed by atoms with E-state index in [2.05, 4.69) is 21.3 Å². The van der Waals surface area contributed by atoms with Crippen molar-refractivity contribution in [1.82, 2.24) is 15.2 Å². The van der Waals surface area contributed by atoms with Crippen LogP contribution in [0, 0.1) is 11.3 Å². The van der Waals surface area contributed by atoms with Crippen molar-refractivity contribution in [3.8, 4) is 16.8 Å². The SMILES string of the molecule is CC(Sc1nnc(-c2sc3ccccc3c2Cl)o1)C(O)=C(C#N)c1nc2ccccc2s1. The molecule has 0 spiro atoms. The summed E-state index contributed by atoms with van der Waals surface area (Å²) in [7, 11) is 0. The number of nitrogens with zero attached hydrogens (tertiary/aromatic N) is 4. The number of benzene rings is 2. The van der Waals surface area contributed by atoms with Gasteiger partial charge in [0.2, 0.25) is 0 Å². The normalized spacial score (nSPS) is 13.3. The first-order valence-corrected chi connectivity index (χ1v) is 12.3. The number of nitriles is 1. The Kier molecular flexibility index (Phi) is 5.61. The number of thioether (sulfide) groups is 1. The number of hydrogen-bond donors (Lipinski definition) is 1. The van der Waals surface area contributed by atoms with Crippen LogP contribution in [0.4, 0.5) is 0 Å². The third-order valence-electron chi connectivity index (χ3n) is 4.67. The largest absolute Gasteiger partial charge is 0.510 e. The first-order chi connectivity index (χ1) is 15.5. The number of allylic oxidation sites excluding steroid dienone is 1. The van der Waals surface area contributed by atoms with Crippen molar-refractivity contribution in [3.05, 3.63) is 64.3 Å². The summed E-state index contributed by atoms with van der Waals surface area (Å²) in [5.74, 6) is 0.234. The van der Waals surface area contributed by atoms with Gasteiger partial charge in [-0.3, -0.25) is 0 Å². The lowest BCUT2D eigenvalue weighted by Gasteiger charge is -2.08. The summed E-state index contributed by atoms with van der Waals surface area (Å²) in [6, 6.07) is 17.5. The van der Waals surface area contributed by atoms with Crippen molar-refractivity contribution in [2.24, 2.45) is 0 Å². The van der Waals surface area contributed by atoms with E-state index in [9.17, 15) is 10.4 Å². The molecule has 10 heteroatoms. The molecule has 0 radical (unpaired) electrons. The highest BCUT2D eigenvalue weighted by molar-refractivity contribution is 7.99. The molecule has 0 saturated carbocycles. The van der Waals surface area contributed by atoms with Crippen LogP contribution in [0.5, 0.6) is 0 Å². The standard InChI is InChI=1S/C22H13ClN4O2S3/c1-11(18(28)13(10-24)21-25-14-7-3-5-9-16(14)32-21)30-22-27-26-20(29-22)19-17(23)12-6-2-4-8-15(12)31-19/h2-9,11,28H,1H3. The fraction of sp³-hybridized carbons (Fsp3) is 0.0909. The van der Waals surface area contributed by atoms with Gasteiger partial charge in [0.1, 0.15) is 27.3 Å². The van der Waals surface area contributed by atoms with Crippen molar-refractivity contribution in [1.29, 1.82) is 5.26 Å². The van der Waals surface area contributed by atoms with E-state index in [1.165, 1.54) is 22.7 Å². The zero-order valence-electron chi connectivity index (χ0n) is 16.4. The van der Waals surface area contributed by atoms with Gasteiger partial charge < -0.3 is 9.52 Å². The maximum atomic E-state index is 10.8. The molecule has 3 heterocycles. The molecule has 158 valence electrons. The highest BCUT2D eigenvalue weighted by atomic mass is 35.5. The average molecular weight is 497 g/mol. The van der Waals surface area contributed by atoms with Crippen LogP contribution < -0.4 is 0 Å². The number of para-hydroxylation sites is 1. The van der Waals surface area contributed by atoms with Crippen molar-refractivity contribution in [3.63, 3.8) is 0 Å². The van der Waals surface area contributed by atoms with Gasteiger partial charge in [-0.05, 0) is 25.1 Å². The average Bonchev–Trinajstić information content (AvgIpc) is 3.51. The summed E-state index contributed by atoms with van der Waals surface area (Å²) < 4.78 is 7.79. The first kappa shape index (κ1) is 21.0. The number of aliphatic hydroxyl groups excluding tert-OH is 1. The second-order valence-electron chi connectivity index (χ2n) is 6.73. The minimum absolute atomic E-state index is 0.0869. The van der Waals surface area contributed by atoms with Gasteiger partial charge in [-0.15, -0.1) is 32.9 Å². The second kappa shape index (κ2) is 8.56. The van der Waals surface area contributed by atoms with E-state index in [1.54, 1.807) is 6.92 Å². The molecule has 0 fully saturated rings. The van der Waals surface area contributed by atoms with E-state index in [0.29, 0.717) is 20.8 Å². The third kappa shape index (κ3) is 3.76. The number of rotatable bonds is 5. The van der Waals surface area contributed by atoms with Gasteiger partial charge in [-0.2, -0.15) is 5.26 Å². The summed E-state index contributed by atoms with van der Waals surface area (Å²) in [5, 5.41) is 30.4. The summed E-state index contributed by atoms with van der Waals surface area (Å²) >= 11 is 10.5. The third-order valence-corrected chi connectivity index (χ3v) is 8.33. The molecule has 2 aromatic carbocycles. The molecule has 1 unspecified atom stereocenters. The van der Waals surface area contributed by atoms with Crippen LogP contribution in [0.15, 0.2) is 63.9 Å². The number of thiophene rings is 1. The molecule has 3 aromatic heterocycles. The Balaban J connectivity index is 1.42. The predicted molar refractivity (Wildman–Crippen MR) is 130 cm³/mol. The van der Waals surface area contributed by atoms with Gasteiger partial charge in [-0.1, -0.05) is 53.7 Å². The lowest BCUT2D eigenvalue weighted by molar-refractivity contribution is 0.400. The fourth-order valence-corrected chi connectivity index (χ4v) is 6.25. The summed E-state index contributed by atoms with van der Waals surface area (Å²) in [5.41, 5.74) is 0.925. The highest BCUT2D eigenvalue weighted by Crippen LogP contribution is 2.42. The zero-order valence-corrected chi connectivity index (χ0v) is 19.6. The molecule has 0 aliphatic heterocycles. The van der Waals surface area contributed by atoms with Crippen LogP contribution >= 0.6 is 46.0 Å². The molecule has 0 aliphatic rings. The van der Waals surface area contributed by atoms with Crippen LogP contribution in [0.3, 0.4) is 0 Å². The van der Waals surface area contributed by atoms with Gasteiger partial charge in [-0.25, -0.2) is 4.98 Å². The molecule has 0 amide bonds. The molecule has 5 aromatic rings. The van der Waals surface area contributed by atoms with E-state index in [-0.39, 0.29) is 16.6 Å². The smallest absolute Gasteiger partial charge is 0.277 e. The molecule has 32 heavy (non-hydrogen) atoms. The minimum atomic E-state index is -0.497. The van der Waals surface area contributed by atoms with E-state index in [1.807, 2.05) is 48.5 Å². The summed E-state index contributed by atoms with van der Waals surface area (Å²) in [6.07, 6.45) is 0. The van der Waals surface area contributed by atoms with Gasteiger partial charge in [0.05, 0.1) is 20.5 Å². The number of aromatic nitrogens is 3. The molecule has 1 N–H and O–H groups in total. The first-order valence-electron chi connectivity index (χ1n) is 9.42. The van der Waals surface area contributed by atoms with Gasteiger partial charge in [0.25, 0.3) is 11.1 Å². The molecular weight excluding hydrogens is 484 g/mol. The maximum absolute atomic E-state index is 10.8. The lowest BCUT2D eigenvalue weighted by atomic mass is 10.2. The van der Waals surface area contributed by atoms with E-state index in [4.69, 9.17) is 16.0 Å². The number of thiazole rings is 1. The Morgan fingerprint density at radius 1 is 1.12 bits per heavy atom. The molecule has 0 aliphatic carbocycles. The predicted octanol–water partition coefficient (Wildman–Crippen LogP) is 7.19. The number of hydrogen-bond acceptors (Lipinski definition) is 9. The second-order valence-corrected chi connectivity index (χ2v) is 10.5. The Morgan fingerprint density at radius 3 is 2.62 bits per heavy atom. The Labute approximate surface area is 199 Å². The monoisotopic (exact) mass is 496 g/mol. The summed E-state index contributed by atoms with van der Waals surface area (Å²) in [4.78, 5) is 5.17. The van der Waals surface area contributed by atoms with Crippen LogP contribution in [-0.4, -0.2) is 25.5 Å². The molecule has 0 bridgehead atoms. The Hall–Kier alpha value is -2.90. The Bertz CT molecular complexity index is 1500. The van der Waals surface area contributed by atoms with E-state index >= 15 is 0 Å². The minimum Gasteiger partial charge on any atom is -0.510 e. The van der Waals surface area contributed by atoms with Gasteiger partial charge >= 0.3 is 0 Å². The van der Waals surface area contributed by atoms with Crippen molar-refractivity contribution >= 4 is 71.9 Å².